The molecule has 0 spiro atoms. The number of methoxy groups -OCH3 is 1. The quantitative estimate of drug-likeness (QED) is 0.377. The maximum absolute atomic E-state index is 12.7. The number of halogens is 3. The second kappa shape index (κ2) is 8.47. The highest BCUT2D eigenvalue weighted by Gasteiger charge is 2.31. The number of alkyl halides is 3. The number of pyridine rings is 1. The number of fused-ring (bicyclic) bond motifs is 2. The number of aromatic nitrogens is 2. The lowest BCUT2D eigenvalue weighted by molar-refractivity contribution is -0.274. The summed E-state index contributed by atoms with van der Waals surface area (Å²) >= 11 is 0. The molecule has 4 rings (SSSR count). The van der Waals surface area contributed by atoms with Crippen molar-refractivity contribution in [2.45, 2.75) is 25.6 Å². The SMILES string of the molecule is COc1cc(-c2[nH]c3ccc(OC(F)(F)F)cc3c2CCCCN)nc2ccccc12. The fourth-order valence-electron chi connectivity index (χ4n) is 3.79. The summed E-state index contributed by atoms with van der Waals surface area (Å²) in [7, 11) is 1.60. The van der Waals surface area contributed by atoms with Gasteiger partial charge in [-0.25, -0.2) is 4.98 Å². The number of hydrogen-bond acceptors (Lipinski definition) is 4. The lowest BCUT2D eigenvalue weighted by Crippen LogP contribution is -2.16. The first-order valence-corrected chi connectivity index (χ1v) is 9.94. The summed E-state index contributed by atoms with van der Waals surface area (Å²) in [5.74, 6) is 0.419. The van der Waals surface area contributed by atoms with Gasteiger partial charge in [-0.15, -0.1) is 13.2 Å². The predicted octanol–water partition coefficient (Wildman–Crippen LogP) is 5.57. The van der Waals surface area contributed by atoms with Crippen LogP contribution in [0.3, 0.4) is 0 Å². The zero-order valence-corrected chi connectivity index (χ0v) is 16.9. The normalized spacial score (nSPS) is 11.9. The van der Waals surface area contributed by atoms with E-state index in [1.807, 2.05) is 30.3 Å². The van der Waals surface area contributed by atoms with E-state index in [2.05, 4.69) is 9.72 Å². The highest BCUT2D eigenvalue weighted by molar-refractivity contribution is 5.93. The molecule has 2 aromatic carbocycles. The minimum atomic E-state index is -4.75. The molecule has 0 unspecified atom stereocenters. The highest BCUT2D eigenvalue weighted by Crippen LogP contribution is 2.37. The van der Waals surface area contributed by atoms with Crippen molar-refractivity contribution >= 4 is 21.8 Å². The van der Waals surface area contributed by atoms with Crippen LogP contribution in [0.5, 0.6) is 11.5 Å². The second-order valence-corrected chi connectivity index (χ2v) is 7.21. The van der Waals surface area contributed by atoms with Crippen LogP contribution in [0.15, 0.2) is 48.5 Å². The van der Waals surface area contributed by atoms with Gasteiger partial charge in [0.15, 0.2) is 0 Å². The van der Waals surface area contributed by atoms with E-state index in [-0.39, 0.29) is 5.75 Å². The number of nitrogens with one attached hydrogen (secondary N) is 1. The molecular formula is C23H22F3N3O2. The number of unbranched alkanes of at least 4 members (excludes halogenated alkanes) is 1. The van der Waals surface area contributed by atoms with Crippen LogP contribution in [0.4, 0.5) is 13.2 Å². The van der Waals surface area contributed by atoms with Gasteiger partial charge in [-0.2, -0.15) is 0 Å². The smallest absolute Gasteiger partial charge is 0.496 e. The molecule has 0 aliphatic carbocycles. The van der Waals surface area contributed by atoms with E-state index >= 15 is 0 Å². The summed E-state index contributed by atoms with van der Waals surface area (Å²) in [5.41, 5.74) is 9.41. The molecule has 0 aliphatic rings. The molecule has 0 amide bonds. The summed E-state index contributed by atoms with van der Waals surface area (Å²) in [4.78, 5) is 8.10. The molecule has 8 heteroatoms. The van der Waals surface area contributed by atoms with Crippen molar-refractivity contribution in [2.75, 3.05) is 13.7 Å². The van der Waals surface area contributed by atoms with E-state index in [1.54, 1.807) is 13.2 Å². The summed E-state index contributed by atoms with van der Waals surface area (Å²) in [6.07, 6.45) is -2.51. The Morgan fingerprint density at radius 2 is 1.84 bits per heavy atom. The Labute approximate surface area is 177 Å². The van der Waals surface area contributed by atoms with Gasteiger partial charge in [0.1, 0.15) is 11.5 Å². The topological polar surface area (TPSA) is 73.2 Å². The fraction of sp³-hybridized carbons (Fsp3) is 0.261. The van der Waals surface area contributed by atoms with Crippen LogP contribution in [-0.4, -0.2) is 30.0 Å². The molecule has 5 nitrogen and oxygen atoms in total. The minimum absolute atomic E-state index is 0.255. The molecule has 0 radical (unpaired) electrons. The van der Waals surface area contributed by atoms with Crippen LogP contribution in [0.25, 0.3) is 33.2 Å². The minimum Gasteiger partial charge on any atom is -0.496 e. The molecule has 0 saturated carbocycles. The summed E-state index contributed by atoms with van der Waals surface area (Å²) in [5, 5.41) is 1.55. The number of ether oxygens (including phenoxy) is 2. The standard InChI is InChI=1S/C23H22F3N3O2/c1-30-21-13-20(28-18-8-3-2-7-16(18)21)22-15(6-4-5-11-27)17-12-14(31-23(24,25)26)9-10-19(17)29-22/h2-3,7-10,12-13,29H,4-6,11,27H2,1H3. The molecule has 4 aromatic rings. The Hall–Kier alpha value is -3.26. The summed E-state index contributed by atoms with van der Waals surface area (Å²) in [6, 6.07) is 13.8. The monoisotopic (exact) mass is 429 g/mol. The van der Waals surface area contributed by atoms with E-state index < -0.39 is 6.36 Å². The summed E-state index contributed by atoms with van der Waals surface area (Å²) < 4.78 is 47.9. The number of nitrogens with two attached hydrogens (primary N) is 1. The van der Waals surface area contributed by atoms with Crippen LogP contribution in [0.1, 0.15) is 18.4 Å². The number of nitrogens with zero attached hydrogens (tertiary/aromatic N) is 1. The van der Waals surface area contributed by atoms with Gasteiger partial charge in [-0.3, -0.25) is 0 Å². The Kier molecular flexibility index (Phi) is 5.73. The van der Waals surface area contributed by atoms with Crippen molar-refractivity contribution in [2.24, 2.45) is 5.73 Å². The van der Waals surface area contributed by atoms with E-state index in [0.717, 1.165) is 35.0 Å². The number of benzene rings is 2. The molecule has 0 aliphatic heterocycles. The van der Waals surface area contributed by atoms with E-state index in [9.17, 15) is 13.2 Å². The molecule has 3 N–H and O–H groups in total. The number of aromatic amines is 1. The van der Waals surface area contributed by atoms with Gasteiger partial charge in [-0.1, -0.05) is 12.1 Å². The first-order valence-electron chi connectivity index (χ1n) is 9.94. The van der Waals surface area contributed by atoms with Crippen LogP contribution in [0, 0.1) is 0 Å². The third kappa shape index (κ3) is 4.44. The van der Waals surface area contributed by atoms with Crippen molar-refractivity contribution in [3.63, 3.8) is 0 Å². The molecule has 0 bridgehead atoms. The fourth-order valence-corrected chi connectivity index (χ4v) is 3.79. The Morgan fingerprint density at radius 3 is 2.58 bits per heavy atom. The number of rotatable bonds is 7. The molecule has 2 aromatic heterocycles. The number of aryl methyl sites for hydroxylation is 1. The first-order chi connectivity index (χ1) is 14.9. The Bertz CT molecular complexity index is 1220. The van der Waals surface area contributed by atoms with Crippen LogP contribution in [0.2, 0.25) is 0 Å². The third-order valence-electron chi connectivity index (χ3n) is 5.15. The van der Waals surface area contributed by atoms with Crippen LogP contribution >= 0.6 is 0 Å². The largest absolute Gasteiger partial charge is 0.573 e. The molecule has 31 heavy (non-hydrogen) atoms. The maximum atomic E-state index is 12.7. The van der Waals surface area contributed by atoms with Crippen molar-refractivity contribution in [3.8, 4) is 22.9 Å². The average molecular weight is 429 g/mol. The van der Waals surface area contributed by atoms with Gasteiger partial charge >= 0.3 is 6.36 Å². The molecule has 0 fully saturated rings. The number of para-hydroxylation sites is 1. The zero-order chi connectivity index (χ0) is 22.0. The zero-order valence-electron chi connectivity index (χ0n) is 16.9. The number of H-pyrrole nitrogens is 1. The Balaban J connectivity index is 1.88. The molecular weight excluding hydrogens is 407 g/mol. The van der Waals surface area contributed by atoms with Crippen molar-refractivity contribution in [1.82, 2.24) is 9.97 Å². The molecule has 0 saturated heterocycles. The van der Waals surface area contributed by atoms with E-state index in [4.69, 9.17) is 15.5 Å². The van der Waals surface area contributed by atoms with Crippen molar-refractivity contribution in [3.05, 3.63) is 54.1 Å². The molecule has 2 heterocycles. The third-order valence-corrected chi connectivity index (χ3v) is 5.15. The van der Waals surface area contributed by atoms with Gasteiger partial charge in [-0.05, 0) is 61.7 Å². The van der Waals surface area contributed by atoms with Gasteiger partial charge in [0.05, 0.1) is 24.0 Å². The second-order valence-electron chi connectivity index (χ2n) is 7.21. The van der Waals surface area contributed by atoms with Gasteiger partial charge in [0, 0.05) is 22.4 Å². The van der Waals surface area contributed by atoms with E-state index in [1.165, 1.54) is 12.1 Å². The average Bonchev–Trinajstić information content (AvgIpc) is 3.10. The molecule has 0 atom stereocenters. The lowest BCUT2D eigenvalue weighted by Gasteiger charge is -2.10. The van der Waals surface area contributed by atoms with Gasteiger partial charge in [0.25, 0.3) is 0 Å². The van der Waals surface area contributed by atoms with Crippen molar-refractivity contribution in [1.29, 1.82) is 0 Å². The van der Waals surface area contributed by atoms with Crippen molar-refractivity contribution < 1.29 is 22.6 Å². The van der Waals surface area contributed by atoms with Gasteiger partial charge in [0.2, 0.25) is 0 Å². The van der Waals surface area contributed by atoms with Gasteiger partial charge < -0.3 is 20.2 Å². The van der Waals surface area contributed by atoms with Crippen LogP contribution < -0.4 is 15.2 Å². The first kappa shape index (κ1) is 21.0. The van der Waals surface area contributed by atoms with E-state index in [0.29, 0.717) is 35.3 Å². The Morgan fingerprint density at radius 1 is 1.03 bits per heavy atom. The molecule has 162 valence electrons. The number of hydrogen-bond donors (Lipinski definition) is 2. The maximum Gasteiger partial charge on any atom is 0.573 e. The lowest BCUT2D eigenvalue weighted by atomic mass is 10.0. The summed E-state index contributed by atoms with van der Waals surface area (Å²) in [6.45, 7) is 0.544. The predicted molar refractivity (Wildman–Crippen MR) is 114 cm³/mol. The highest BCUT2D eigenvalue weighted by atomic mass is 19.4. The van der Waals surface area contributed by atoms with Crippen LogP contribution in [-0.2, 0) is 6.42 Å².